The van der Waals surface area contributed by atoms with Crippen LogP contribution in [0.25, 0.3) is 0 Å². The summed E-state index contributed by atoms with van der Waals surface area (Å²) in [7, 11) is 0. The number of benzene rings is 1. The lowest BCUT2D eigenvalue weighted by Gasteiger charge is -2.22. The Hall–Kier alpha value is -1.98. The molecule has 1 aliphatic rings. The van der Waals surface area contributed by atoms with E-state index in [2.05, 4.69) is 0 Å². The molecule has 0 fully saturated rings. The number of aliphatic hydroxyl groups excluding tert-OH is 1. The van der Waals surface area contributed by atoms with Gasteiger partial charge >= 0.3 is 0 Å². The molecule has 1 heterocycles. The van der Waals surface area contributed by atoms with Crippen molar-refractivity contribution in [1.82, 2.24) is 4.90 Å². The Kier molecular flexibility index (Phi) is 4.36. The van der Waals surface area contributed by atoms with Crippen molar-refractivity contribution >= 4 is 23.0 Å². The van der Waals surface area contributed by atoms with E-state index in [0.717, 1.165) is 10.4 Å². The Labute approximate surface area is 133 Å². The fraction of sp³-hybridized carbons (Fsp3) is 0.294. The number of ketones is 1. The average molecular weight is 315 g/mol. The van der Waals surface area contributed by atoms with Crippen LogP contribution in [0.2, 0.25) is 0 Å². The first kappa shape index (κ1) is 14.9. The third kappa shape index (κ3) is 2.82. The van der Waals surface area contributed by atoms with Crippen molar-refractivity contribution in [3.8, 4) is 0 Å². The first-order valence-electron chi connectivity index (χ1n) is 7.28. The Morgan fingerprint density at radius 2 is 2.09 bits per heavy atom. The number of aliphatic hydroxyl groups is 1. The quantitative estimate of drug-likeness (QED) is 0.922. The molecule has 1 N–H and O–H groups in total. The van der Waals surface area contributed by atoms with Gasteiger partial charge in [0.25, 0.3) is 5.91 Å². The van der Waals surface area contributed by atoms with Gasteiger partial charge in [-0.1, -0.05) is 18.2 Å². The van der Waals surface area contributed by atoms with Gasteiger partial charge in [-0.2, -0.15) is 0 Å². The molecule has 1 aliphatic carbocycles. The SMILES string of the molecule is O=C1CCc2c1cccc2C(=O)N(CCO)Cc1cccs1. The number of thiophene rings is 1. The lowest BCUT2D eigenvalue weighted by molar-refractivity contribution is 0.0708. The highest BCUT2D eigenvalue weighted by molar-refractivity contribution is 7.09. The number of carbonyl (C=O) groups excluding carboxylic acids is 2. The van der Waals surface area contributed by atoms with Crippen LogP contribution in [0, 0.1) is 0 Å². The highest BCUT2D eigenvalue weighted by Gasteiger charge is 2.26. The van der Waals surface area contributed by atoms with Crippen molar-refractivity contribution in [2.75, 3.05) is 13.2 Å². The summed E-state index contributed by atoms with van der Waals surface area (Å²) in [5, 5.41) is 11.2. The van der Waals surface area contributed by atoms with E-state index in [4.69, 9.17) is 0 Å². The molecule has 4 nitrogen and oxygen atoms in total. The van der Waals surface area contributed by atoms with Crippen molar-refractivity contribution in [3.63, 3.8) is 0 Å². The number of fused-ring (bicyclic) bond motifs is 1. The van der Waals surface area contributed by atoms with E-state index in [1.807, 2.05) is 17.5 Å². The summed E-state index contributed by atoms with van der Waals surface area (Å²) in [6.07, 6.45) is 1.10. The smallest absolute Gasteiger partial charge is 0.254 e. The molecule has 3 rings (SSSR count). The topological polar surface area (TPSA) is 57.6 Å². The van der Waals surface area contributed by atoms with E-state index < -0.39 is 0 Å². The number of rotatable bonds is 5. The molecule has 114 valence electrons. The standard InChI is InChI=1S/C17H17NO3S/c19-9-8-18(11-12-3-2-10-22-12)17(21)15-5-1-4-14-13(15)6-7-16(14)20/h1-5,10,19H,6-9,11H2. The molecule has 22 heavy (non-hydrogen) atoms. The second kappa shape index (κ2) is 6.42. The maximum atomic E-state index is 12.8. The van der Waals surface area contributed by atoms with E-state index in [0.29, 0.717) is 30.5 Å². The predicted octanol–water partition coefficient (Wildman–Crippen LogP) is 2.51. The highest BCUT2D eigenvalue weighted by atomic mass is 32.1. The zero-order chi connectivity index (χ0) is 15.5. The van der Waals surface area contributed by atoms with Crippen molar-refractivity contribution in [1.29, 1.82) is 0 Å². The Balaban J connectivity index is 1.89. The second-order valence-corrected chi connectivity index (χ2v) is 6.32. The van der Waals surface area contributed by atoms with Crippen molar-refractivity contribution in [2.45, 2.75) is 19.4 Å². The zero-order valence-corrected chi connectivity index (χ0v) is 12.9. The van der Waals surface area contributed by atoms with Gasteiger partial charge in [0.15, 0.2) is 5.78 Å². The van der Waals surface area contributed by atoms with E-state index in [1.54, 1.807) is 34.4 Å². The van der Waals surface area contributed by atoms with Crippen LogP contribution < -0.4 is 0 Å². The van der Waals surface area contributed by atoms with Crippen LogP contribution >= 0.6 is 11.3 Å². The van der Waals surface area contributed by atoms with Gasteiger partial charge in [0, 0.05) is 29.0 Å². The predicted molar refractivity (Wildman–Crippen MR) is 85.2 cm³/mol. The van der Waals surface area contributed by atoms with Gasteiger partial charge < -0.3 is 10.0 Å². The molecule has 0 atom stereocenters. The van der Waals surface area contributed by atoms with Crippen molar-refractivity contribution < 1.29 is 14.7 Å². The van der Waals surface area contributed by atoms with Gasteiger partial charge in [0.1, 0.15) is 0 Å². The number of hydrogen-bond acceptors (Lipinski definition) is 4. The van der Waals surface area contributed by atoms with Crippen LogP contribution in [0.5, 0.6) is 0 Å². The lowest BCUT2D eigenvalue weighted by Crippen LogP contribution is -2.33. The molecule has 0 spiro atoms. The van der Waals surface area contributed by atoms with E-state index in [-0.39, 0.29) is 24.8 Å². The average Bonchev–Trinajstić information content (AvgIpc) is 3.16. The number of carbonyl (C=O) groups is 2. The molecule has 1 aromatic heterocycles. The fourth-order valence-corrected chi connectivity index (χ4v) is 3.54. The number of amides is 1. The Morgan fingerprint density at radius 3 is 2.82 bits per heavy atom. The maximum Gasteiger partial charge on any atom is 0.254 e. The summed E-state index contributed by atoms with van der Waals surface area (Å²) < 4.78 is 0. The van der Waals surface area contributed by atoms with E-state index in [9.17, 15) is 14.7 Å². The van der Waals surface area contributed by atoms with Crippen molar-refractivity contribution in [2.24, 2.45) is 0 Å². The van der Waals surface area contributed by atoms with Gasteiger partial charge in [0.05, 0.1) is 13.2 Å². The molecule has 0 saturated carbocycles. The van der Waals surface area contributed by atoms with E-state index >= 15 is 0 Å². The van der Waals surface area contributed by atoms with Crippen LogP contribution in [0.4, 0.5) is 0 Å². The molecule has 5 heteroatoms. The summed E-state index contributed by atoms with van der Waals surface area (Å²) in [4.78, 5) is 27.4. The molecule has 0 radical (unpaired) electrons. The monoisotopic (exact) mass is 315 g/mol. The molecular formula is C17H17NO3S. The minimum atomic E-state index is -0.117. The molecule has 0 aliphatic heterocycles. The van der Waals surface area contributed by atoms with Crippen LogP contribution in [0.3, 0.4) is 0 Å². The Morgan fingerprint density at radius 1 is 1.23 bits per heavy atom. The Bertz CT molecular complexity index is 694. The van der Waals surface area contributed by atoms with Gasteiger partial charge in [-0.3, -0.25) is 9.59 Å². The summed E-state index contributed by atoms with van der Waals surface area (Å²) in [5.74, 6) is -0.00869. The molecule has 2 aromatic rings. The van der Waals surface area contributed by atoms with Gasteiger partial charge in [-0.15, -0.1) is 11.3 Å². The van der Waals surface area contributed by atoms with Gasteiger partial charge in [0.2, 0.25) is 0 Å². The van der Waals surface area contributed by atoms with Crippen LogP contribution in [0.15, 0.2) is 35.7 Å². The first-order valence-corrected chi connectivity index (χ1v) is 8.16. The number of nitrogens with zero attached hydrogens (tertiary/aromatic N) is 1. The molecular weight excluding hydrogens is 298 g/mol. The summed E-state index contributed by atoms with van der Waals surface area (Å²) in [6, 6.07) is 9.25. The molecule has 0 unspecified atom stereocenters. The molecule has 1 amide bonds. The first-order chi connectivity index (χ1) is 10.7. The summed E-state index contributed by atoms with van der Waals surface area (Å²) in [6.45, 7) is 0.689. The third-order valence-corrected chi connectivity index (χ3v) is 4.75. The maximum absolute atomic E-state index is 12.8. The lowest BCUT2D eigenvalue weighted by atomic mass is 10.0. The number of hydrogen-bond donors (Lipinski definition) is 1. The largest absolute Gasteiger partial charge is 0.395 e. The zero-order valence-electron chi connectivity index (χ0n) is 12.1. The van der Waals surface area contributed by atoms with Gasteiger partial charge in [-0.05, 0) is 29.5 Å². The highest BCUT2D eigenvalue weighted by Crippen LogP contribution is 2.26. The molecule has 0 bridgehead atoms. The second-order valence-electron chi connectivity index (χ2n) is 5.28. The van der Waals surface area contributed by atoms with Crippen LogP contribution in [-0.2, 0) is 13.0 Å². The fourth-order valence-electron chi connectivity index (χ4n) is 2.83. The van der Waals surface area contributed by atoms with Crippen LogP contribution in [0.1, 0.15) is 37.6 Å². The van der Waals surface area contributed by atoms with E-state index in [1.165, 1.54) is 0 Å². The molecule has 1 aromatic carbocycles. The van der Waals surface area contributed by atoms with Crippen molar-refractivity contribution in [3.05, 3.63) is 57.3 Å². The minimum Gasteiger partial charge on any atom is -0.395 e. The summed E-state index contributed by atoms with van der Waals surface area (Å²) in [5.41, 5.74) is 2.12. The van der Waals surface area contributed by atoms with Gasteiger partial charge in [-0.25, -0.2) is 0 Å². The minimum absolute atomic E-state index is 0.0783. The summed E-state index contributed by atoms with van der Waals surface area (Å²) >= 11 is 1.59. The third-order valence-electron chi connectivity index (χ3n) is 3.89. The molecule has 0 saturated heterocycles. The normalized spacial score (nSPS) is 13.2. The number of Topliss-reactive ketones (excluding diaryl/α,β-unsaturated/α-hetero) is 1. The van der Waals surface area contributed by atoms with Crippen LogP contribution in [-0.4, -0.2) is 34.8 Å².